The van der Waals surface area contributed by atoms with E-state index in [-0.39, 0.29) is 0 Å². The number of carbonyl (C=O) groups is 1. The number of carbonyl (C=O) groups excluding carboxylic acids is 1. The molecule has 0 aliphatic rings. The molecule has 2 rings (SSSR count). The predicted molar refractivity (Wildman–Crippen MR) is 79.7 cm³/mol. The summed E-state index contributed by atoms with van der Waals surface area (Å²) in [7, 11) is 1.28. The van der Waals surface area contributed by atoms with Crippen LogP contribution in [-0.2, 0) is 17.3 Å². The Labute approximate surface area is 134 Å². The number of hydrogen-bond donors (Lipinski definition) is 0. The molecule has 6 heteroatoms. The molecule has 0 saturated carbocycles. The summed E-state index contributed by atoms with van der Waals surface area (Å²) < 4.78 is 43.4. The van der Waals surface area contributed by atoms with E-state index in [1.807, 2.05) is 0 Å². The van der Waals surface area contributed by atoms with Crippen LogP contribution < -0.4 is 0 Å². The van der Waals surface area contributed by atoms with Crippen LogP contribution in [0.15, 0.2) is 46.9 Å². The van der Waals surface area contributed by atoms with Crippen LogP contribution in [-0.4, -0.2) is 13.1 Å². The van der Waals surface area contributed by atoms with Gasteiger partial charge >= 0.3 is 12.1 Å². The number of ether oxygens (including phenoxy) is 1. The van der Waals surface area contributed by atoms with Crippen LogP contribution in [0.25, 0.3) is 0 Å². The molecule has 2 aromatic carbocycles. The Hall–Kier alpha value is -1.82. The van der Waals surface area contributed by atoms with Gasteiger partial charge in [0.25, 0.3) is 0 Å². The first kappa shape index (κ1) is 16.5. The van der Waals surface area contributed by atoms with E-state index >= 15 is 0 Å². The van der Waals surface area contributed by atoms with Gasteiger partial charge in [0, 0.05) is 4.47 Å². The van der Waals surface area contributed by atoms with E-state index in [2.05, 4.69) is 20.7 Å². The summed E-state index contributed by atoms with van der Waals surface area (Å²) in [5, 5.41) is 0. The zero-order valence-corrected chi connectivity index (χ0v) is 13.2. The van der Waals surface area contributed by atoms with Gasteiger partial charge in [0.1, 0.15) is 0 Å². The lowest BCUT2D eigenvalue weighted by molar-refractivity contribution is -0.137. The van der Waals surface area contributed by atoms with Crippen LogP contribution in [0.5, 0.6) is 0 Å². The Morgan fingerprint density at radius 2 is 1.91 bits per heavy atom. The van der Waals surface area contributed by atoms with Gasteiger partial charge in [-0.15, -0.1) is 0 Å². The van der Waals surface area contributed by atoms with Crippen molar-refractivity contribution in [2.75, 3.05) is 7.11 Å². The van der Waals surface area contributed by atoms with Crippen molar-refractivity contribution >= 4 is 21.9 Å². The number of alkyl halides is 3. The maximum absolute atomic E-state index is 12.7. The van der Waals surface area contributed by atoms with Crippen LogP contribution in [0.2, 0.25) is 0 Å². The van der Waals surface area contributed by atoms with Crippen molar-refractivity contribution in [2.24, 2.45) is 0 Å². The van der Waals surface area contributed by atoms with Gasteiger partial charge in [-0.05, 0) is 35.7 Å². The third-order valence-corrected chi connectivity index (χ3v) is 3.86. The molecule has 0 heterocycles. The lowest BCUT2D eigenvalue weighted by atomic mass is 10.0. The topological polar surface area (TPSA) is 26.3 Å². The molecule has 0 atom stereocenters. The van der Waals surface area contributed by atoms with Crippen molar-refractivity contribution in [3.8, 4) is 0 Å². The monoisotopic (exact) mass is 372 g/mol. The minimum atomic E-state index is -4.36. The van der Waals surface area contributed by atoms with E-state index < -0.39 is 17.7 Å². The molecule has 0 amide bonds. The summed E-state index contributed by atoms with van der Waals surface area (Å²) >= 11 is 3.33. The molecule has 0 spiro atoms. The quantitative estimate of drug-likeness (QED) is 0.720. The Balaban J connectivity index is 2.26. The number of halogens is 4. The van der Waals surface area contributed by atoms with Gasteiger partial charge in [0.2, 0.25) is 0 Å². The second-order valence-corrected chi connectivity index (χ2v) is 5.53. The average Bonchev–Trinajstić information content (AvgIpc) is 2.48. The highest BCUT2D eigenvalue weighted by molar-refractivity contribution is 9.10. The first-order chi connectivity index (χ1) is 10.3. The molecule has 22 heavy (non-hydrogen) atoms. The highest BCUT2D eigenvalue weighted by Crippen LogP contribution is 2.30. The largest absolute Gasteiger partial charge is 0.465 e. The van der Waals surface area contributed by atoms with Crippen molar-refractivity contribution in [1.29, 1.82) is 0 Å². The van der Waals surface area contributed by atoms with E-state index in [0.29, 0.717) is 22.0 Å². The zero-order chi connectivity index (χ0) is 16.3. The van der Waals surface area contributed by atoms with Gasteiger partial charge < -0.3 is 4.74 Å². The molecule has 0 unspecified atom stereocenters. The fraction of sp³-hybridized carbons (Fsp3) is 0.188. The van der Waals surface area contributed by atoms with Crippen LogP contribution in [0.1, 0.15) is 27.0 Å². The van der Waals surface area contributed by atoms with Gasteiger partial charge in [0.15, 0.2) is 0 Å². The zero-order valence-electron chi connectivity index (χ0n) is 11.6. The standard InChI is InChI=1S/C16H12BrF3O2/c1-22-15(21)12-6-5-11(14(17)9-12)7-10-3-2-4-13(8-10)16(18,19)20/h2-6,8-9H,7H2,1H3. The summed E-state index contributed by atoms with van der Waals surface area (Å²) in [6.07, 6.45) is -4.03. The summed E-state index contributed by atoms with van der Waals surface area (Å²) in [5.74, 6) is -0.466. The lowest BCUT2D eigenvalue weighted by Crippen LogP contribution is -2.05. The van der Waals surface area contributed by atoms with E-state index in [9.17, 15) is 18.0 Å². The van der Waals surface area contributed by atoms with Gasteiger partial charge in [-0.1, -0.05) is 40.2 Å². The van der Waals surface area contributed by atoms with Gasteiger partial charge in [-0.3, -0.25) is 0 Å². The average molecular weight is 373 g/mol. The Morgan fingerprint density at radius 1 is 1.18 bits per heavy atom. The molecule has 0 saturated heterocycles. The maximum Gasteiger partial charge on any atom is 0.416 e. The van der Waals surface area contributed by atoms with E-state index in [4.69, 9.17) is 0 Å². The van der Waals surface area contributed by atoms with Crippen molar-refractivity contribution in [3.63, 3.8) is 0 Å². The predicted octanol–water partition coefficient (Wildman–Crippen LogP) is 4.85. The molecule has 0 aliphatic carbocycles. The minimum absolute atomic E-state index is 0.325. The second-order valence-electron chi connectivity index (χ2n) is 4.67. The highest BCUT2D eigenvalue weighted by Gasteiger charge is 2.30. The Kier molecular flexibility index (Phi) is 4.90. The summed E-state index contributed by atoms with van der Waals surface area (Å²) in [5.41, 5.74) is 1.03. The minimum Gasteiger partial charge on any atom is -0.465 e. The maximum atomic E-state index is 12.7. The molecule has 0 radical (unpaired) electrons. The van der Waals surface area contributed by atoms with Crippen molar-refractivity contribution in [2.45, 2.75) is 12.6 Å². The first-order valence-corrected chi connectivity index (χ1v) is 7.13. The molecule has 116 valence electrons. The van der Waals surface area contributed by atoms with Crippen molar-refractivity contribution < 1.29 is 22.7 Å². The van der Waals surface area contributed by atoms with Gasteiger partial charge in [0.05, 0.1) is 18.2 Å². The molecule has 2 aromatic rings. The molecule has 0 aromatic heterocycles. The molecular weight excluding hydrogens is 361 g/mol. The van der Waals surface area contributed by atoms with Crippen LogP contribution in [0, 0.1) is 0 Å². The SMILES string of the molecule is COC(=O)c1ccc(Cc2cccc(C(F)(F)F)c2)c(Br)c1. The number of esters is 1. The van der Waals surface area contributed by atoms with E-state index in [1.165, 1.54) is 13.2 Å². The molecule has 0 fully saturated rings. The molecule has 0 bridgehead atoms. The Morgan fingerprint density at radius 3 is 2.50 bits per heavy atom. The molecule has 0 aliphatic heterocycles. The van der Waals surface area contributed by atoms with Gasteiger partial charge in [-0.2, -0.15) is 13.2 Å². The smallest absolute Gasteiger partial charge is 0.416 e. The summed E-state index contributed by atoms with van der Waals surface area (Å²) in [6.45, 7) is 0. The molecule has 0 N–H and O–H groups in total. The van der Waals surface area contributed by atoms with Crippen LogP contribution >= 0.6 is 15.9 Å². The highest BCUT2D eigenvalue weighted by atomic mass is 79.9. The number of methoxy groups -OCH3 is 1. The van der Waals surface area contributed by atoms with Crippen molar-refractivity contribution in [1.82, 2.24) is 0 Å². The summed E-state index contributed by atoms with van der Waals surface area (Å²) in [4.78, 5) is 11.4. The third-order valence-electron chi connectivity index (χ3n) is 3.12. The number of benzene rings is 2. The molecular formula is C16H12BrF3O2. The summed E-state index contributed by atoms with van der Waals surface area (Å²) in [6, 6.07) is 10.1. The number of hydrogen-bond acceptors (Lipinski definition) is 2. The second kappa shape index (κ2) is 6.52. The fourth-order valence-corrected chi connectivity index (χ4v) is 2.53. The lowest BCUT2D eigenvalue weighted by Gasteiger charge is -2.10. The van der Waals surface area contributed by atoms with E-state index in [1.54, 1.807) is 24.3 Å². The fourth-order valence-electron chi connectivity index (χ4n) is 2.01. The third kappa shape index (κ3) is 3.88. The van der Waals surface area contributed by atoms with Gasteiger partial charge in [-0.25, -0.2) is 4.79 Å². The van der Waals surface area contributed by atoms with Crippen LogP contribution in [0.3, 0.4) is 0 Å². The molecule has 2 nitrogen and oxygen atoms in total. The number of rotatable bonds is 3. The Bertz CT molecular complexity index is 696. The first-order valence-electron chi connectivity index (χ1n) is 6.34. The van der Waals surface area contributed by atoms with Crippen LogP contribution in [0.4, 0.5) is 13.2 Å². The normalized spacial score (nSPS) is 11.3. The van der Waals surface area contributed by atoms with E-state index in [0.717, 1.165) is 17.7 Å². The van der Waals surface area contributed by atoms with Crippen molar-refractivity contribution in [3.05, 3.63) is 69.2 Å².